The smallest absolute Gasteiger partial charge is 0.276 e. The van der Waals surface area contributed by atoms with E-state index in [2.05, 4.69) is 15.5 Å². The number of carbonyl (C=O) groups excluding carboxylic acids is 1. The Morgan fingerprint density at radius 1 is 1.17 bits per heavy atom. The van der Waals surface area contributed by atoms with Crippen molar-refractivity contribution < 1.29 is 14.5 Å². The molecule has 0 saturated carbocycles. The minimum atomic E-state index is -0.538. The third-order valence-corrected chi connectivity index (χ3v) is 5.18. The first-order chi connectivity index (χ1) is 14.5. The number of nitrogens with zero attached hydrogens (tertiary/aromatic N) is 2. The number of carbonyl (C=O) groups is 1. The number of hydrogen-bond donors (Lipinski definition) is 2. The van der Waals surface area contributed by atoms with Crippen molar-refractivity contribution in [2.45, 2.75) is 6.92 Å². The Morgan fingerprint density at radius 3 is 2.73 bits per heavy atom. The molecule has 30 heavy (non-hydrogen) atoms. The number of aromatic nitrogens is 2. The monoisotopic (exact) mass is 420 g/mol. The number of nitro groups is 1. The summed E-state index contributed by atoms with van der Waals surface area (Å²) >= 11 is 1.52. The number of para-hydroxylation sites is 1. The largest absolute Gasteiger partial charge is 0.457 e. The van der Waals surface area contributed by atoms with Crippen LogP contribution >= 0.6 is 11.3 Å². The van der Waals surface area contributed by atoms with Gasteiger partial charge in [0, 0.05) is 12.1 Å². The van der Waals surface area contributed by atoms with Gasteiger partial charge in [0.15, 0.2) is 5.69 Å². The molecule has 150 valence electrons. The molecule has 1 amide bonds. The van der Waals surface area contributed by atoms with Crippen LogP contribution in [0, 0.1) is 17.0 Å². The van der Waals surface area contributed by atoms with Gasteiger partial charge in [0.25, 0.3) is 11.6 Å². The van der Waals surface area contributed by atoms with E-state index in [1.807, 2.05) is 42.6 Å². The summed E-state index contributed by atoms with van der Waals surface area (Å²) in [6.07, 6.45) is 0. The lowest BCUT2D eigenvalue weighted by atomic mass is 10.2. The zero-order chi connectivity index (χ0) is 21.1. The Hall–Kier alpha value is -3.98. The molecule has 2 heterocycles. The average molecular weight is 420 g/mol. The van der Waals surface area contributed by atoms with Crippen molar-refractivity contribution in [2.75, 3.05) is 5.32 Å². The highest BCUT2D eigenvalue weighted by Crippen LogP contribution is 2.31. The van der Waals surface area contributed by atoms with Crippen LogP contribution in [-0.2, 0) is 0 Å². The number of aromatic amines is 1. The lowest BCUT2D eigenvalue weighted by Gasteiger charge is -2.10. The van der Waals surface area contributed by atoms with Gasteiger partial charge < -0.3 is 10.1 Å². The topological polar surface area (TPSA) is 110 Å². The van der Waals surface area contributed by atoms with E-state index in [9.17, 15) is 14.9 Å². The molecule has 0 spiro atoms. The van der Waals surface area contributed by atoms with E-state index >= 15 is 0 Å². The van der Waals surface area contributed by atoms with Gasteiger partial charge in [-0.3, -0.25) is 20.0 Å². The maximum atomic E-state index is 12.6. The number of rotatable bonds is 6. The molecule has 4 rings (SSSR count). The summed E-state index contributed by atoms with van der Waals surface area (Å²) in [7, 11) is 0. The lowest BCUT2D eigenvalue weighted by molar-refractivity contribution is -0.384. The molecule has 0 atom stereocenters. The second kappa shape index (κ2) is 8.18. The van der Waals surface area contributed by atoms with Gasteiger partial charge in [-0.15, -0.1) is 11.3 Å². The van der Waals surface area contributed by atoms with E-state index in [1.165, 1.54) is 29.5 Å². The highest BCUT2D eigenvalue weighted by atomic mass is 32.1. The van der Waals surface area contributed by atoms with Crippen LogP contribution in [0.5, 0.6) is 11.5 Å². The van der Waals surface area contributed by atoms with Crippen LogP contribution in [0.3, 0.4) is 0 Å². The standard InChI is InChI=1S/C21H16N4O4S/c1-13-5-2-3-6-19(13)29-16-10-14(9-15(11-16)25(27)28)22-21(26)18-12-17(23-24-18)20-7-4-8-30-20/h2-12H,1H3,(H,22,26)(H,23,24). The van der Waals surface area contributed by atoms with Gasteiger partial charge in [0.05, 0.1) is 27.2 Å². The molecule has 0 bridgehead atoms. The summed E-state index contributed by atoms with van der Waals surface area (Å²) in [4.78, 5) is 24.3. The summed E-state index contributed by atoms with van der Waals surface area (Å²) in [6, 6.07) is 16.9. The third-order valence-electron chi connectivity index (χ3n) is 4.28. The number of amides is 1. The normalized spacial score (nSPS) is 10.6. The molecule has 4 aromatic rings. The van der Waals surface area contributed by atoms with Crippen LogP contribution in [0.4, 0.5) is 11.4 Å². The number of ether oxygens (including phenoxy) is 1. The zero-order valence-electron chi connectivity index (χ0n) is 15.8. The van der Waals surface area contributed by atoms with E-state index in [0.29, 0.717) is 5.75 Å². The first kappa shape index (κ1) is 19.3. The Bertz CT molecular complexity index is 1220. The predicted molar refractivity (Wildman–Crippen MR) is 114 cm³/mol. The number of aryl methyl sites for hydroxylation is 1. The van der Waals surface area contributed by atoms with Gasteiger partial charge in [-0.25, -0.2) is 0 Å². The predicted octanol–water partition coefficient (Wildman–Crippen LogP) is 5.40. The van der Waals surface area contributed by atoms with E-state index < -0.39 is 10.8 Å². The molecular weight excluding hydrogens is 404 g/mol. The number of non-ortho nitro benzene ring substituents is 1. The van der Waals surface area contributed by atoms with Gasteiger partial charge in [-0.1, -0.05) is 24.3 Å². The number of nitro benzene ring substituents is 1. The van der Waals surface area contributed by atoms with Crippen molar-refractivity contribution in [3.8, 4) is 22.1 Å². The van der Waals surface area contributed by atoms with E-state index in [1.54, 1.807) is 12.1 Å². The number of nitrogens with one attached hydrogen (secondary N) is 2. The van der Waals surface area contributed by atoms with Gasteiger partial charge in [0.1, 0.15) is 11.5 Å². The first-order valence-corrected chi connectivity index (χ1v) is 9.81. The van der Waals surface area contributed by atoms with Crippen LogP contribution in [-0.4, -0.2) is 21.0 Å². The Kier molecular flexibility index (Phi) is 5.27. The van der Waals surface area contributed by atoms with Crippen LogP contribution in [0.15, 0.2) is 66.0 Å². The number of anilines is 1. The van der Waals surface area contributed by atoms with Crippen molar-refractivity contribution in [3.05, 3.63) is 87.4 Å². The van der Waals surface area contributed by atoms with Crippen LogP contribution < -0.4 is 10.1 Å². The van der Waals surface area contributed by atoms with Gasteiger partial charge in [-0.2, -0.15) is 5.10 Å². The Morgan fingerprint density at radius 2 is 2.00 bits per heavy atom. The van der Waals surface area contributed by atoms with Gasteiger partial charge >= 0.3 is 0 Å². The molecule has 0 saturated heterocycles. The van der Waals surface area contributed by atoms with Crippen LogP contribution in [0.2, 0.25) is 0 Å². The summed E-state index contributed by atoms with van der Waals surface area (Å²) in [5.74, 6) is 0.328. The minimum Gasteiger partial charge on any atom is -0.457 e. The molecule has 0 unspecified atom stereocenters. The maximum Gasteiger partial charge on any atom is 0.276 e. The summed E-state index contributed by atoms with van der Waals surface area (Å²) in [5.41, 5.74) is 1.81. The molecular formula is C21H16N4O4S. The number of H-pyrrole nitrogens is 1. The molecule has 2 aromatic heterocycles. The van der Waals surface area contributed by atoms with Crippen LogP contribution in [0.25, 0.3) is 10.6 Å². The maximum absolute atomic E-state index is 12.6. The highest BCUT2D eigenvalue weighted by molar-refractivity contribution is 7.13. The molecule has 2 aromatic carbocycles. The third kappa shape index (κ3) is 4.20. The van der Waals surface area contributed by atoms with Crippen molar-refractivity contribution in [1.29, 1.82) is 0 Å². The molecule has 8 nitrogen and oxygen atoms in total. The Labute approximate surface area is 175 Å². The van der Waals surface area contributed by atoms with E-state index in [-0.39, 0.29) is 22.8 Å². The lowest BCUT2D eigenvalue weighted by Crippen LogP contribution is -2.12. The van der Waals surface area contributed by atoms with Crippen molar-refractivity contribution in [1.82, 2.24) is 10.2 Å². The number of thiophene rings is 1. The number of hydrogen-bond acceptors (Lipinski definition) is 6. The minimum absolute atomic E-state index is 0.172. The molecule has 0 aliphatic rings. The summed E-state index contributed by atoms with van der Waals surface area (Å²) in [5, 5.41) is 22.8. The zero-order valence-corrected chi connectivity index (χ0v) is 16.6. The fourth-order valence-electron chi connectivity index (χ4n) is 2.81. The SMILES string of the molecule is Cc1ccccc1Oc1cc(NC(=O)c2cc(-c3cccs3)[nH]n2)cc([N+](=O)[O-])c1. The molecule has 0 aliphatic heterocycles. The second-order valence-corrected chi connectivity index (χ2v) is 7.39. The fraction of sp³-hybridized carbons (Fsp3) is 0.0476. The molecule has 0 fully saturated rings. The first-order valence-electron chi connectivity index (χ1n) is 8.93. The van der Waals surface area contributed by atoms with E-state index in [4.69, 9.17) is 4.74 Å². The summed E-state index contributed by atoms with van der Waals surface area (Å²) in [6.45, 7) is 1.87. The quantitative estimate of drug-likeness (QED) is 0.321. The van der Waals surface area contributed by atoms with Crippen molar-refractivity contribution in [2.24, 2.45) is 0 Å². The van der Waals surface area contributed by atoms with Crippen molar-refractivity contribution in [3.63, 3.8) is 0 Å². The molecule has 0 radical (unpaired) electrons. The average Bonchev–Trinajstić information content (AvgIpc) is 3.41. The molecule has 9 heteroatoms. The van der Waals surface area contributed by atoms with Gasteiger partial charge in [-0.05, 0) is 36.1 Å². The fourth-order valence-corrected chi connectivity index (χ4v) is 3.50. The Balaban J connectivity index is 1.58. The summed E-state index contributed by atoms with van der Waals surface area (Å²) < 4.78 is 5.80. The second-order valence-electron chi connectivity index (χ2n) is 6.44. The van der Waals surface area contributed by atoms with E-state index in [0.717, 1.165) is 16.1 Å². The number of benzene rings is 2. The molecule has 0 aliphatic carbocycles. The highest BCUT2D eigenvalue weighted by Gasteiger charge is 2.16. The van der Waals surface area contributed by atoms with Crippen LogP contribution in [0.1, 0.15) is 16.1 Å². The van der Waals surface area contributed by atoms with Crippen molar-refractivity contribution >= 4 is 28.6 Å². The molecule has 2 N–H and O–H groups in total. The van der Waals surface area contributed by atoms with Gasteiger partial charge in [0.2, 0.25) is 0 Å².